The quantitative estimate of drug-likeness (QED) is 0.784. The smallest absolute Gasteiger partial charge is 0.253 e. The summed E-state index contributed by atoms with van der Waals surface area (Å²) in [5.74, 6) is 1.35. The van der Waals surface area contributed by atoms with Crippen LogP contribution in [0.25, 0.3) is 5.82 Å². The lowest BCUT2D eigenvalue weighted by atomic mass is 10.2. The fourth-order valence-electron chi connectivity index (χ4n) is 2.10. The van der Waals surface area contributed by atoms with Crippen LogP contribution < -0.4 is 10.1 Å². The van der Waals surface area contributed by atoms with E-state index in [1.165, 1.54) is 0 Å². The van der Waals surface area contributed by atoms with Crippen molar-refractivity contribution in [1.82, 2.24) is 19.9 Å². The lowest BCUT2D eigenvalue weighted by Crippen LogP contribution is -2.22. The van der Waals surface area contributed by atoms with Crippen LogP contribution in [-0.4, -0.2) is 27.6 Å². The SMILES string of the molecule is COc1ccc(CNC(=O)c2ccc(-n3ccnc3)nc2)cc1. The molecule has 6 heteroatoms. The minimum Gasteiger partial charge on any atom is -0.497 e. The monoisotopic (exact) mass is 308 g/mol. The third kappa shape index (κ3) is 3.55. The molecule has 0 saturated carbocycles. The van der Waals surface area contributed by atoms with Crippen molar-refractivity contribution < 1.29 is 9.53 Å². The Morgan fingerprint density at radius 3 is 2.65 bits per heavy atom. The molecule has 116 valence electrons. The molecule has 0 atom stereocenters. The molecule has 0 aliphatic carbocycles. The van der Waals surface area contributed by atoms with E-state index in [1.54, 1.807) is 48.7 Å². The summed E-state index contributed by atoms with van der Waals surface area (Å²) in [5.41, 5.74) is 1.52. The number of rotatable bonds is 5. The van der Waals surface area contributed by atoms with E-state index < -0.39 is 0 Å². The first-order chi connectivity index (χ1) is 11.3. The Kier molecular flexibility index (Phi) is 4.33. The van der Waals surface area contributed by atoms with Gasteiger partial charge in [0.15, 0.2) is 0 Å². The largest absolute Gasteiger partial charge is 0.497 e. The molecule has 0 aliphatic heterocycles. The van der Waals surface area contributed by atoms with Crippen LogP contribution in [0, 0.1) is 0 Å². The fourth-order valence-corrected chi connectivity index (χ4v) is 2.10. The number of carbonyl (C=O) groups excluding carboxylic acids is 1. The summed E-state index contributed by atoms with van der Waals surface area (Å²) in [5, 5.41) is 2.87. The maximum absolute atomic E-state index is 12.1. The molecule has 3 aromatic rings. The first-order valence-corrected chi connectivity index (χ1v) is 7.12. The summed E-state index contributed by atoms with van der Waals surface area (Å²) >= 11 is 0. The molecule has 1 aromatic carbocycles. The van der Waals surface area contributed by atoms with E-state index in [9.17, 15) is 4.79 Å². The Hall–Kier alpha value is -3.15. The lowest BCUT2D eigenvalue weighted by Gasteiger charge is -2.07. The van der Waals surface area contributed by atoms with Crippen LogP contribution in [-0.2, 0) is 6.54 Å². The topological polar surface area (TPSA) is 69.0 Å². The van der Waals surface area contributed by atoms with Crippen LogP contribution in [0.3, 0.4) is 0 Å². The standard InChI is InChI=1S/C17H16N4O2/c1-23-15-5-2-13(3-6-15)10-20-17(22)14-4-7-16(19-11-14)21-9-8-18-12-21/h2-9,11-12H,10H2,1H3,(H,20,22). The Bertz CT molecular complexity index is 765. The number of imidazole rings is 1. The summed E-state index contributed by atoms with van der Waals surface area (Å²) in [6.07, 6.45) is 6.69. The summed E-state index contributed by atoms with van der Waals surface area (Å²) in [6, 6.07) is 11.1. The van der Waals surface area contributed by atoms with Crippen molar-refractivity contribution in [1.29, 1.82) is 0 Å². The number of carbonyl (C=O) groups is 1. The van der Waals surface area contributed by atoms with Gasteiger partial charge in [0.05, 0.1) is 12.7 Å². The summed E-state index contributed by atoms with van der Waals surface area (Å²) in [6.45, 7) is 0.450. The highest BCUT2D eigenvalue weighted by Crippen LogP contribution is 2.11. The number of hydrogen-bond donors (Lipinski definition) is 1. The number of aromatic nitrogens is 3. The van der Waals surface area contributed by atoms with Crippen molar-refractivity contribution in [2.75, 3.05) is 7.11 Å². The number of hydrogen-bond acceptors (Lipinski definition) is 4. The molecule has 0 unspecified atom stereocenters. The summed E-state index contributed by atoms with van der Waals surface area (Å²) in [7, 11) is 1.62. The second kappa shape index (κ2) is 6.74. The highest BCUT2D eigenvalue weighted by molar-refractivity contribution is 5.93. The third-order valence-electron chi connectivity index (χ3n) is 3.39. The molecule has 2 heterocycles. The molecule has 23 heavy (non-hydrogen) atoms. The first kappa shape index (κ1) is 14.8. The molecule has 0 saturated heterocycles. The average molecular weight is 308 g/mol. The van der Waals surface area contributed by atoms with Gasteiger partial charge in [-0.1, -0.05) is 12.1 Å². The molecule has 1 N–H and O–H groups in total. The van der Waals surface area contributed by atoms with Gasteiger partial charge in [-0.05, 0) is 29.8 Å². The number of nitrogens with one attached hydrogen (secondary N) is 1. The first-order valence-electron chi connectivity index (χ1n) is 7.12. The zero-order chi connectivity index (χ0) is 16.1. The van der Waals surface area contributed by atoms with Gasteiger partial charge >= 0.3 is 0 Å². The van der Waals surface area contributed by atoms with Crippen LogP contribution in [0.5, 0.6) is 5.75 Å². The van der Waals surface area contributed by atoms with E-state index in [-0.39, 0.29) is 5.91 Å². The van der Waals surface area contributed by atoms with Crippen molar-refractivity contribution in [3.05, 3.63) is 72.4 Å². The van der Waals surface area contributed by atoms with E-state index >= 15 is 0 Å². The van der Waals surface area contributed by atoms with Gasteiger partial charge in [-0.25, -0.2) is 9.97 Å². The van der Waals surface area contributed by atoms with Gasteiger partial charge in [0, 0.05) is 25.1 Å². The van der Waals surface area contributed by atoms with Gasteiger partial charge in [-0.2, -0.15) is 0 Å². The van der Waals surface area contributed by atoms with Gasteiger partial charge in [-0.3, -0.25) is 9.36 Å². The average Bonchev–Trinajstić information content (AvgIpc) is 3.15. The zero-order valence-corrected chi connectivity index (χ0v) is 12.6. The van der Waals surface area contributed by atoms with E-state index in [0.717, 1.165) is 11.3 Å². The highest BCUT2D eigenvalue weighted by Gasteiger charge is 2.06. The van der Waals surface area contributed by atoms with E-state index in [4.69, 9.17) is 4.74 Å². The van der Waals surface area contributed by atoms with Crippen molar-refractivity contribution in [2.24, 2.45) is 0 Å². The Balaban J connectivity index is 1.61. The molecule has 0 radical (unpaired) electrons. The molecule has 0 aliphatic rings. The van der Waals surface area contributed by atoms with Crippen LogP contribution in [0.2, 0.25) is 0 Å². The maximum atomic E-state index is 12.1. The second-order valence-corrected chi connectivity index (χ2v) is 4.91. The normalized spacial score (nSPS) is 10.3. The summed E-state index contributed by atoms with van der Waals surface area (Å²) < 4.78 is 6.88. The number of pyridine rings is 1. The number of ether oxygens (including phenoxy) is 1. The van der Waals surface area contributed by atoms with Crippen molar-refractivity contribution in [3.8, 4) is 11.6 Å². The maximum Gasteiger partial charge on any atom is 0.253 e. The molecule has 1 amide bonds. The van der Waals surface area contributed by atoms with Crippen LogP contribution >= 0.6 is 0 Å². The highest BCUT2D eigenvalue weighted by atomic mass is 16.5. The van der Waals surface area contributed by atoms with Crippen molar-refractivity contribution in [3.63, 3.8) is 0 Å². The van der Waals surface area contributed by atoms with Gasteiger partial charge in [-0.15, -0.1) is 0 Å². The summed E-state index contributed by atoms with van der Waals surface area (Å²) in [4.78, 5) is 20.4. The predicted octanol–water partition coefficient (Wildman–Crippen LogP) is 2.21. The van der Waals surface area contributed by atoms with Gasteiger partial charge in [0.25, 0.3) is 5.91 Å². The van der Waals surface area contributed by atoms with Crippen LogP contribution in [0.4, 0.5) is 0 Å². The molecular weight excluding hydrogens is 292 g/mol. The Labute approximate surface area is 133 Å². The molecule has 0 bridgehead atoms. The van der Waals surface area contributed by atoms with E-state index in [1.807, 2.05) is 24.3 Å². The fraction of sp³-hybridized carbons (Fsp3) is 0.118. The lowest BCUT2D eigenvalue weighted by molar-refractivity contribution is 0.0950. The Morgan fingerprint density at radius 2 is 2.04 bits per heavy atom. The van der Waals surface area contributed by atoms with Gasteiger partial charge in [0.2, 0.25) is 0 Å². The molecule has 2 aromatic heterocycles. The van der Waals surface area contributed by atoms with Gasteiger partial charge in [0.1, 0.15) is 17.9 Å². The van der Waals surface area contributed by atoms with Crippen molar-refractivity contribution >= 4 is 5.91 Å². The predicted molar refractivity (Wildman–Crippen MR) is 85.5 cm³/mol. The van der Waals surface area contributed by atoms with Crippen LogP contribution in [0.15, 0.2) is 61.3 Å². The second-order valence-electron chi connectivity index (χ2n) is 4.91. The third-order valence-corrected chi connectivity index (χ3v) is 3.39. The van der Waals surface area contributed by atoms with E-state index in [2.05, 4.69) is 15.3 Å². The molecule has 0 fully saturated rings. The number of amides is 1. The minimum absolute atomic E-state index is 0.162. The minimum atomic E-state index is -0.162. The number of nitrogens with zero attached hydrogens (tertiary/aromatic N) is 3. The molecule has 6 nitrogen and oxygen atoms in total. The van der Waals surface area contributed by atoms with Crippen molar-refractivity contribution in [2.45, 2.75) is 6.54 Å². The number of benzene rings is 1. The number of methoxy groups -OCH3 is 1. The van der Waals surface area contributed by atoms with Gasteiger partial charge < -0.3 is 10.1 Å². The molecule has 3 rings (SSSR count). The van der Waals surface area contributed by atoms with Crippen LogP contribution in [0.1, 0.15) is 15.9 Å². The molecular formula is C17H16N4O2. The molecule has 0 spiro atoms. The zero-order valence-electron chi connectivity index (χ0n) is 12.6. The van der Waals surface area contributed by atoms with E-state index in [0.29, 0.717) is 17.9 Å². The Morgan fingerprint density at radius 1 is 1.22 bits per heavy atom.